The molecule has 1 aromatic rings. The number of hydrogen-bond acceptors (Lipinski definition) is 4. The van der Waals surface area contributed by atoms with Crippen LogP contribution in [-0.4, -0.2) is 26.7 Å². The van der Waals surface area contributed by atoms with Crippen molar-refractivity contribution in [3.8, 4) is 11.5 Å². The van der Waals surface area contributed by atoms with Crippen molar-refractivity contribution < 1.29 is 14.3 Å². The van der Waals surface area contributed by atoms with E-state index in [2.05, 4.69) is 4.99 Å². The molecular weight excluding hydrogens is 232 g/mol. The first kappa shape index (κ1) is 12.6. The average Bonchev–Trinajstić information content (AvgIpc) is 2.39. The van der Waals surface area contributed by atoms with Gasteiger partial charge in [0.1, 0.15) is 16.9 Å². The molecule has 0 fully saturated rings. The van der Waals surface area contributed by atoms with Crippen molar-refractivity contribution in [2.24, 2.45) is 16.6 Å². The maximum Gasteiger partial charge on any atom is 0.253 e. The topological polar surface area (TPSA) is 73.9 Å². The van der Waals surface area contributed by atoms with Crippen LogP contribution >= 0.6 is 0 Å². The van der Waals surface area contributed by atoms with Gasteiger partial charge in [0.15, 0.2) is 0 Å². The summed E-state index contributed by atoms with van der Waals surface area (Å²) in [5.74, 6) is 0.800. The zero-order valence-electron chi connectivity index (χ0n) is 10.5. The number of amides is 1. The largest absolute Gasteiger partial charge is 0.496 e. The van der Waals surface area contributed by atoms with Crippen molar-refractivity contribution in [3.63, 3.8) is 0 Å². The lowest BCUT2D eigenvalue weighted by Crippen LogP contribution is -2.36. The highest BCUT2D eigenvalue weighted by molar-refractivity contribution is 5.86. The summed E-state index contributed by atoms with van der Waals surface area (Å²) in [7, 11) is 3.14. The smallest absolute Gasteiger partial charge is 0.253 e. The Morgan fingerprint density at radius 1 is 1.28 bits per heavy atom. The van der Waals surface area contributed by atoms with Crippen molar-refractivity contribution in [3.05, 3.63) is 22.7 Å². The zero-order valence-corrected chi connectivity index (χ0v) is 10.5. The van der Waals surface area contributed by atoms with Gasteiger partial charge in [-0.2, -0.15) is 0 Å². The van der Waals surface area contributed by atoms with Crippen molar-refractivity contribution in [2.45, 2.75) is 6.42 Å². The summed E-state index contributed by atoms with van der Waals surface area (Å²) < 4.78 is 10.5. The molecule has 96 valence electrons. The Morgan fingerprint density at radius 2 is 1.94 bits per heavy atom. The molecule has 1 unspecified atom stereocenters. The highest BCUT2D eigenvalue weighted by Gasteiger charge is 2.20. The molecule has 5 nitrogen and oxygen atoms in total. The Labute approximate surface area is 105 Å². The number of carbonyl (C=O) groups is 1. The molecule has 0 spiro atoms. The Hall–Kier alpha value is -1.88. The summed E-state index contributed by atoms with van der Waals surface area (Å²) >= 11 is 0. The van der Waals surface area contributed by atoms with Crippen LogP contribution in [0.1, 0.15) is 6.42 Å². The van der Waals surface area contributed by atoms with E-state index in [1.54, 1.807) is 26.4 Å². The molecule has 18 heavy (non-hydrogen) atoms. The van der Waals surface area contributed by atoms with Gasteiger partial charge >= 0.3 is 0 Å². The van der Waals surface area contributed by atoms with E-state index in [0.29, 0.717) is 29.8 Å². The van der Waals surface area contributed by atoms with Gasteiger partial charge in [0.2, 0.25) is 0 Å². The van der Waals surface area contributed by atoms with E-state index >= 15 is 0 Å². The second kappa shape index (κ2) is 5.18. The van der Waals surface area contributed by atoms with E-state index in [9.17, 15) is 4.79 Å². The van der Waals surface area contributed by atoms with Crippen LogP contribution in [0.3, 0.4) is 0 Å². The van der Waals surface area contributed by atoms with Gasteiger partial charge in [-0.15, -0.1) is 0 Å². The van der Waals surface area contributed by atoms with Crippen molar-refractivity contribution >= 4 is 12.0 Å². The van der Waals surface area contributed by atoms with Crippen LogP contribution in [0, 0.1) is 5.92 Å². The van der Waals surface area contributed by atoms with Gasteiger partial charge in [-0.25, -0.2) is 4.99 Å². The minimum atomic E-state index is -0.275. The van der Waals surface area contributed by atoms with Crippen LogP contribution in [0.15, 0.2) is 17.1 Å². The normalized spacial score (nSPS) is 17.5. The standard InChI is InChI=1S/C13H16N2O3/c1-17-10-3-4-11(18-2)12-9(10)7-8(5-6-14)13(16)15-12/h3-4,7-8H,5-6,14H2,1-2H3. The minimum absolute atomic E-state index is 0.181. The van der Waals surface area contributed by atoms with E-state index in [-0.39, 0.29) is 11.8 Å². The van der Waals surface area contributed by atoms with Crippen LogP contribution in [-0.2, 0) is 4.79 Å². The van der Waals surface area contributed by atoms with Gasteiger partial charge in [-0.05, 0) is 25.1 Å². The number of nitrogens with two attached hydrogens (primary N) is 1. The fourth-order valence-electron chi connectivity index (χ4n) is 2.04. The molecule has 2 rings (SSSR count). The summed E-state index contributed by atoms with van der Waals surface area (Å²) in [6, 6.07) is 3.55. The molecule has 1 aliphatic rings. The molecule has 5 heteroatoms. The lowest BCUT2D eigenvalue weighted by atomic mass is 10.00. The lowest BCUT2D eigenvalue weighted by Gasteiger charge is -2.14. The monoisotopic (exact) mass is 248 g/mol. The zero-order chi connectivity index (χ0) is 13.1. The van der Waals surface area contributed by atoms with Crippen LogP contribution in [0.5, 0.6) is 11.5 Å². The van der Waals surface area contributed by atoms with Crippen LogP contribution in [0.25, 0.3) is 6.08 Å². The number of nitrogens with zero attached hydrogens (tertiary/aromatic N) is 1. The first-order chi connectivity index (χ1) is 8.71. The Balaban J connectivity index is 2.67. The Morgan fingerprint density at radius 3 is 2.56 bits per heavy atom. The van der Waals surface area contributed by atoms with E-state index in [1.807, 2.05) is 6.08 Å². The highest BCUT2D eigenvalue weighted by Crippen LogP contribution is 2.14. The molecule has 1 atom stereocenters. The summed E-state index contributed by atoms with van der Waals surface area (Å²) in [5, 5.41) is 1.34. The molecule has 1 heterocycles. The third-order valence-corrected chi connectivity index (χ3v) is 2.96. The number of carbonyl (C=O) groups excluding carboxylic acids is 1. The van der Waals surface area contributed by atoms with E-state index in [4.69, 9.17) is 15.2 Å². The second-order valence-electron chi connectivity index (χ2n) is 4.03. The highest BCUT2D eigenvalue weighted by atomic mass is 16.5. The second-order valence-corrected chi connectivity index (χ2v) is 4.03. The molecule has 2 N–H and O–H groups in total. The SMILES string of the molecule is COc1ccc(OC)c2c1=CC(CCN)C(=O)N=2. The van der Waals surface area contributed by atoms with Gasteiger partial charge < -0.3 is 15.2 Å². The fraction of sp³-hybridized carbons (Fsp3) is 0.385. The van der Waals surface area contributed by atoms with Crippen molar-refractivity contribution in [2.75, 3.05) is 20.8 Å². The minimum Gasteiger partial charge on any atom is -0.496 e. The third-order valence-electron chi connectivity index (χ3n) is 2.96. The molecule has 0 radical (unpaired) electrons. The summed E-state index contributed by atoms with van der Waals surface area (Å²) in [6.45, 7) is 0.448. The van der Waals surface area contributed by atoms with Gasteiger partial charge in [0.25, 0.3) is 5.91 Å². The first-order valence-corrected chi connectivity index (χ1v) is 5.76. The fourth-order valence-corrected chi connectivity index (χ4v) is 2.04. The number of hydrogen-bond donors (Lipinski definition) is 1. The molecule has 1 amide bonds. The quantitative estimate of drug-likeness (QED) is 0.787. The summed E-state index contributed by atoms with van der Waals surface area (Å²) in [4.78, 5) is 16.0. The molecule has 0 aromatic heterocycles. The molecule has 0 bridgehead atoms. The predicted octanol–water partition coefficient (Wildman–Crippen LogP) is -0.391. The van der Waals surface area contributed by atoms with Crippen LogP contribution in [0.2, 0.25) is 0 Å². The molecule has 0 saturated carbocycles. The van der Waals surface area contributed by atoms with Crippen molar-refractivity contribution in [1.29, 1.82) is 0 Å². The van der Waals surface area contributed by atoms with Gasteiger partial charge in [-0.3, -0.25) is 4.79 Å². The van der Waals surface area contributed by atoms with Gasteiger partial charge in [-0.1, -0.05) is 6.08 Å². The van der Waals surface area contributed by atoms with E-state index in [1.165, 1.54) is 0 Å². The molecule has 1 aromatic carbocycles. The average molecular weight is 248 g/mol. The number of methoxy groups -OCH3 is 2. The number of ether oxygens (including phenoxy) is 2. The third kappa shape index (κ3) is 2.09. The molecule has 1 aliphatic heterocycles. The van der Waals surface area contributed by atoms with Crippen LogP contribution < -0.4 is 25.8 Å². The molecular formula is C13H16N2O3. The first-order valence-electron chi connectivity index (χ1n) is 5.76. The number of fused-ring (bicyclic) bond motifs is 1. The van der Waals surface area contributed by atoms with E-state index in [0.717, 1.165) is 5.22 Å². The maximum atomic E-state index is 11.9. The lowest BCUT2D eigenvalue weighted by molar-refractivity contribution is -0.120. The van der Waals surface area contributed by atoms with Crippen molar-refractivity contribution in [1.82, 2.24) is 0 Å². The summed E-state index contributed by atoms with van der Waals surface area (Å²) in [6.07, 6.45) is 2.45. The Kier molecular flexibility index (Phi) is 3.62. The van der Waals surface area contributed by atoms with Gasteiger partial charge in [0.05, 0.1) is 20.1 Å². The maximum absolute atomic E-state index is 11.9. The Bertz CT molecular complexity index is 581. The van der Waals surface area contributed by atoms with Gasteiger partial charge in [0, 0.05) is 5.22 Å². The van der Waals surface area contributed by atoms with E-state index < -0.39 is 0 Å². The molecule has 0 aliphatic carbocycles. The van der Waals surface area contributed by atoms with Crippen LogP contribution in [0.4, 0.5) is 0 Å². The summed E-state index contributed by atoms with van der Waals surface area (Å²) in [5.41, 5.74) is 5.50. The number of rotatable bonds is 4. The molecule has 0 saturated heterocycles. The number of benzene rings is 1. The predicted molar refractivity (Wildman–Crippen MR) is 67.0 cm³/mol.